The number of primary amides is 1. The molecule has 1 aromatic heterocycles. The highest BCUT2D eigenvalue weighted by Gasteiger charge is 2.41. The van der Waals surface area contributed by atoms with E-state index in [1.165, 1.54) is 0 Å². The van der Waals surface area contributed by atoms with E-state index in [9.17, 15) is 4.79 Å². The zero-order valence-corrected chi connectivity index (χ0v) is 10.4. The summed E-state index contributed by atoms with van der Waals surface area (Å²) in [4.78, 5) is 19.5. The number of hydrogen-bond acceptors (Lipinski definition) is 4. The van der Waals surface area contributed by atoms with Gasteiger partial charge in [0.15, 0.2) is 0 Å². The minimum Gasteiger partial charge on any atom is -0.368 e. The molecule has 0 saturated carbocycles. The summed E-state index contributed by atoms with van der Waals surface area (Å²) < 4.78 is 0. The molecule has 1 aromatic rings. The predicted octanol–water partition coefficient (Wildman–Crippen LogP) is 0.438. The maximum Gasteiger partial charge on any atom is 0.237 e. The number of nitrogens with zero attached hydrogens (tertiary/aromatic N) is 2. The molecule has 1 aliphatic rings. The van der Waals surface area contributed by atoms with E-state index in [1.807, 2.05) is 0 Å². The summed E-state index contributed by atoms with van der Waals surface area (Å²) in [5.41, 5.74) is 5.89. The highest BCUT2D eigenvalue weighted by atomic mass is 35.5. The fourth-order valence-electron chi connectivity index (χ4n) is 2.00. The lowest BCUT2D eigenvalue weighted by atomic mass is 9.82. The Hall–Kier alpha value is -1.20. The molecule has 0 spiro atoms. The summed E-state index contributed by atoms with van der Waals surface area (Å²) in [6.07, 6.45) is 8.45. The number of nitrogens with one attached hydrogen (secondary N) is 1. The molecule has 0 bridgehead atoms. The van der Waals surface area contributed by atoms with Crippen LogP contribution in [0.4, 0.5) is 0 Å². The van der Waals surface area contributed by atoms with E-state index >= 15 is 0 Å². The molecule has 3 N–H and O–H groups in total. The van der Waals surface area contributed by atoms with Crippen molar-refractivity contribution in [3.8, 4) is 0 Å². The molecule has 1 fully saturated rings. The maximum atomic E-state index is 11.3. The van der Waals surface area contributed by atoms with Gasteiger partial charge in [0.05, 0.1) is 11.2 Å². The highest BCUT2D eigenvalue weighted by molar-refractivity contribution is 5.85. The van der Waals surface area contributed by atoms with E-state index in [0.717, 1.165) is 37.9 Å². The minimum atomic E-state index is -0.456. The molecule has 17 heavy (non-hydrogen) atoms. The summed E-state index contributed by atoms with van der Waals surface area (Å²) in [5, 5.41) is 3.13. The first-order valence-electron chi connectivity index (χ1n) is 5.53. The van der Waals surface area contributed by atoms with Crippen LogP contribution in [-0.4, -0.2) is 28.0 Å². The highest BCUT2D eigenvalue weighted by Crippen LogP contribution is 2.24. The van der Waals surface area contributed by atoms with Crippen LogP contribution in [0.15, 0.2) is 18.6 Å². The molecule has 0 radical (unpaired) electrons. The number of carbonyl (C=O) groups is 1. The Morgan fingerprint density at radius 2 is 2.29 bits per heavy atom. The number of nitrogens with two attached hydrogens (primary N) is 1. The minimum absolute atomic E-state index is 0. The average Bonchev–Trinajstić information content (AvgIpc) is 2.23. The Morgan fingerprint density at radius 3 is 2.76 bits per heavy atom. The molecule has 0 aliphatic carbocycles. The van der Waals surface area contributed by atoms with E-state index in [4.69, 9.17) is 5.73 Å². The zero-order chi connectivity index (χ0) is 11.4. The van der Waals surface area contributed by atoms with Crippen LogP contribution >= 0.6 is 12.4 Å². The molecule has 94 valence electrons. The van der Waals surface area contributed by atoms with Crippen molar-refractivity contribution in [2.24, 2.45) is 5.73 Å². The monoisotopic (exact) mass is 256 g/mol. The Bertz CT molecular complexity index is 367. The van der Waals surface area contributed by atoms with Crippen molar-refractivity contribution in [1.82, 2.24) is 15.3 Å². The van der Waals surface area contributed by atoms with Gasteiger partial charge in [-0.25, -0.2) is 0 Å². The quantitative estimate of drug-likeness (QED) is 0.801. The standard InChI is InChI=1S/C11H16N4O.ClH/c12-10(16)11(4-5-15-11)3-1-2-9-8-13-6-7-14-9;/h6-8,15H,1-5H2,(H2,12,16);1H. The van der Waals surface area contributed by atoms with E-state index in [-0.39, 0.29) is 18.3 Å². The Labute approximate surface area is 107 Å². The molecule has 1 saturated heterocycles. The van der Waals surface area contributed by atoms with Crippen LogP contribution in [0.5, 0.6) is 0 Å². The number of halogens is 1. The molecule has 5 nitrogen and oxygen atoms in total. The van der Waals surface area contributed by atoms with Crippen LogP contribution in [0.1, 0.15) is 25.0 Å². The van der Waals surface area contributed by atoms with E-state index in [2.05, 4.69) is 15.3 Å². The van der Waals surface area contributed by atoms with Gasteiger partial charge in [0.25, 0.3) is 0 Å². The Morgan fingerprint density at radius 1 is 1.53 bits per heavy atom. The van der Waals surface area contributed by atoms with Crippen molar-refractivity contribution in [2.45, 2.75) is 31.2 Å². The van der Waals surface area contributed by atoms with Gasteiger partial charge in [-0.05, 0) is 32.2 Å². The first-order chi connectivity index (χ1) is 7.73. The van der Waals surface area contributed by atoms with Gasteiger partial charge in [-0.2, -0.15) is 0 Å². The summed E-state index contributed by atoms with van der Waals surface area (Å²) >= 11 is 0. The van der Waals surface area contributed by atoms with Crippen LogP contribution in [0.25, 0.3) is 0 Å². The second-order valence-corrected chi connectivity index (χ2v) is 4.17. The second kappa shape index (κ2) is 5.93. The molecule has 2 rings (SSSR count). The van der Waals surface area contributed by atoms with Crippen LogP contribution in [0, 0.1) is 0 Å². The molecular formula is C11H17ClN4O. The summed E-state index contributed by atoms with van der Waals surface area (Å²) in [7, 11) is 0. The first kappa shape index (κ1) is 13.9. The van der Waals surface area contributed by atoms with Crippen molar-refractivity contribution in [3.63, 3.8) is 0 Å². The third-order valence-corrected chi connectivity index (χ3v) is 3.14. The molecule has 0 aromatic carbocycles. The van der Waals surface area contributed by atoms with Gasteiger partial charge < -0.3 is 11.1 Å². The normalized spacial score (nSPS) is 22.4. The van der Waals surface area contributed by atoms with Gasteiger partial charge in [-0.15, -0.1) is 12.4 Å². The van der Waals surface area contributed by atoms with E-state index in [1.54, 1.807) is 18.6 Å². The molecular weight excluding hydrogens is 240 g/mol. The second-order valence-electron chi connectivity index (χ2n) is 4.17. The topological polar surface area (TPSA) is 80.9 Å². The lowest BCUT2D eigenvalue weighted by molar-refractivity contribution is -0.127. The van der Waals surface area contributed by atoms with Gasteiger partial charge in [-0.3, -0.25) is 14.8 Å². The third kappa shape index (κ3) is 3.14. The predicted molar refractivity (Wildman–Crippen MR) is 66.8 cm³/mol. The zero-order valence-electron chi connectivity index (χ0n) is 9.56. The first-order valence-corrected chi connectivity index (χ1v) is 5.53. The summed E-state index contributed by atoms with van der Waals surface area (Å²) in [6.45, 7) is 0.883. The Kier molecular flexibility index (Phi) is 4.84. The van der Waals surface area contributed by atoms with Crippen molar-refractivity contribution in [2.75, 3.05) is 6.54 Å². The fourth-order valence-corrected chi connectivity index (χ4v) is 2.00. The lowest BCUT2D eigenvalue weighted by Crippen LogP contribution is -2.64. The lowest BCUT2D eigenvalue weighted by Gasteiger charge is -2.40. The SMILES string of the molecule is Cl.NC(=O)C1(CCCc2cnccn2)CCN1. The van der Waals surface area contributed by atoms with Crippen LogP contribution < -0.4 is 11.1 Å². The molecule has 1 atom stereocenters. The largest absolute Gasteiger partial charge is 0.368 e. The van der Waals surface area contributed by atoms with Crippen LogP contribution in [-0.2, 0) is 11.2 Å². The van der Waals surface area contributed by atoms with Gasteiger partial charge in [0, 0.05) is 18.6 Å². The van der Waals surface area contributed by atoms with Gasteiger partial charge in [-0.1, -0.05) is 0 Å². The third-order valence-electron chi connectivity index (χ3n) is 3.14. The van der Waals surface area contributed by atoms with Crippen molar-refractivity contribution >= 4 is 18.3 Å². The van der Waals surface area contributed by atoms with Crippen molar-refractivity contribution < 1.29 is 4.79 Å². The van der Waals surface area contributed by atoms with Gasteiger partial charge in [0.2, 0.25) is 5.91 Å². The van der Waals surface area contributed by atoms with Crippen molar-refractivity contribution in [3.05, 3.63) is 24.3 Å². The van der Waals surface area contributed by atoms with E-state index < -0.39 is 5.54 Å². The smallest absolute Gasteiger partial charge is 0.237 e. The van der Waals surface area contributed by atoms with Crippen LogP contribution in [0.3, 0.4) is 0 Å². The van der Waals surface area contributed by atoms with Crippen LogP contribution in [0.2, 0.25) is 0 Å². The maximum absolute atomic E-state index is 11.3. The van der Waals surface area contributed by atoms with Crippen molar-refractivity contribution in [1.29, 1.82) is 0 Å². The number of carbonyl (C=O) groups excluding carboxylic acids is 1. The molecule has 6 heteroatoms. The number of aryl methyl sites for hydroxylation is 1. The van der Waals surface area contributed by atoms with Gasteiger partial charge >= 0.3 is 0 Å². The fraction of sp³-hybridized carbons (Fsp3) is 0.545. The summed E-state index contributed by atoms with van der Waals surface area (Å²) in [5.74, 6) is -0.238. The average molecular weight is 257 g/mol. The van der Waals surface area contributed by atoms with Gasteiger partial charge in [0.1, 0.15) is 0 Å². The molecule has 2 heterocycles. The molecule has 1 aliphatic heterocycles. The number of aromatic nitrogens is 2. The van der Waals surface area contributed by atoms with E-state index in [0.29, 0.717) is 0 Å². The number of hydrogen-bond donors (Lipinski definition) is 2. The molecule has 1 amide bonds. The molecule has 1 unspecified atom stereocenters. The Balaban J connectivity index is 0.00000144. The summed E-state index contributed by atoms with van der Waals surface area (Å²) in [6, 6.07) is 0. The number of amides is 1. The number of rotatable bonds is 5.